The molecule has 0 unspecified atom stereocenters. The summed E-state index contributed by atoms with van der Waals surface area (Å²) in [6, 6.07) is 0. The molecule has 0 aromatic carbocycles. The molecule has 1 heterocycles. The van der Waals surface area contributed by atoms with Gasteiger partial charge in [-0.05, 0) is 6.42 Å². The number of amidine groups is 1. The third kappa shape index (κ3) is 3.83. The molecule has 0 saturated carbocycles. The lowest BCUT2D eigenvalue weighted by molar-refractivity contribution is -0.119. The van der Waals surface area contributed by atoms with E-state index >= 15 is 0 Å². The second-order valence-corrected chi connectivity index (χ2v) is 2.24. The predicted molar refractivity (Wildman–Crippen MR) is 45.7 cm³/mol. The molecule has 0 bridgehead atoms. The Hall–Kier alpha value is -0.770. The Balaban J connectivity index is 0.000001000. The molecule has 0 atom stereocenters. The quantitative estimate of drug-likeness (QED) is 0.521. The zero-order valence-electron chi connectivity index (χ0n) is 6.39. The van der Waals surface area contributed by atoms with Crippen LogP contribution in [0.15, 0.2) is 4.99 Å². The van der Waals surface area contributed by atoms with E-state index in [1.165, 1.54) is 6.92 Å². The fourth-order valence-corrected chi connectivity index (χ4v) is 0.802. The molecule has 0 aromatic rings. The van der Waals surface area contributed by atoms with Crippen molar-refractivity contribution in [3.8, 4) is 0 Å². The van der Waals surface area contributed by atoms with Crippen molar-refractivity contribution in [1.29, 1.82) is 0 Å². The van der Waals surface area contributed by atoms with Gasteiger partial charge >= 0.3 is 0 Å². The molecule has 0 spiro atoms. The monoisotopic (exact) mass is 177 g/mol. The molecule has 0 aromatic heterocycles. The summed E-state index contributed by atoms with van der Waals surface area (Å²) in [5.74, 6) is 0.796. The van der Waals surface area contributed by atoms with Crippen molar-refractivity contribution in [3.05, 3.63) is 0 Å². The van der Waals surface area contributed by atoms with Gasteiger partial charge in [0.05, 0.1) is 0 Å². The van der Waals surface area contributed by atoms with Crippen LogP contribution in [0.25, 0.3) is 0 Å². The smallest absolute Gasteiger partial charge is 0.235 e. The van der Waals surface area contributed by atoms with Gasteiger partial charge in [0.25, 0.3) is 0 Å². The van der Waals surface area contributed by atoms with E-state index in [0.29, 0.717) is 0 Å². The predicted octanol–water partition coefficient (Wildman–Crippen LogP) is 0.241. The first kappa shape index (κ1) is 10.2. The highest BCUT2D eigenvalue weighted by Crippen LogP contribution is 1.99. The number of hydrazine groups is 1. The third-order valence-corrected chi connectivity index (χ3v) is 1.26. The van der Waals surface area contributed by atoms with Crippen molar-refractivity contribution in [1.82, 2.24) is 10.9 Å². The SMILES string of the molecule is CC(=O)NNC1=NCCC1.Cl. The fraction of sp³-hybridized carbons (Fsp3) is 0.667. The summed E-state index contributed by atoms with van der Waals surface area (Å²) in [4.78, 5) is 14.5. The Kier molecular flexibility index (Phi) is 4.61. The van der Waals surface area contributed by atoms with Gasteiger partial charge in [0, 0.05) is 19.9 Å². The van der Waals surface area contributed by atoms with Gasteiger partial charge in [0.2, 0.25) is 5.91 Å². The highest BCUT2D eigenvalue weighted by atomic mass is 35.5. The standard InChI is InChI=1S/C6H11N3O.ClH/c1-5(10)8-9-6-3-2-4-7-6;/h2-4H2,1H3,(H,7,9)(H,8,10);1H. The van der Waals surface area contributed by atoms with Crippen molar-refractivity contribution >= 4 is 24.1 Å². The molecule has 1 aliphatic rings. The number of hydrogen-bond acceptors (Lipinski definition) is 3. The third-order valence-electron chi connectivity index (χ3n) is 1.26. The fourth-order valence-electron chi connectivity index (χ4n) is 0.802. The van der Waals surface area contributed by atoms with E-state index < -0.39 is 0 Å². The Labute approximate surface area is 71.8 Å². The van der Waals surface area contributed by atoms with E-state index in [1.807, 2.05) is 0 Å². The van der Waals surface area contributed by atoms with Crippen LogP contribution in [0.2, 0.25) is 0 Å². The summed E-state index contributed by atoms with van der Waals surface area (Å²) < 4.78 is 0. The van der Waals surface area contributed by atoms with Gasteiger partial charge in [-0.2, -0.15) is 0 Å². The van der Waals surface area contributed by atoms with Crippen LogP contribution in [-0.4, -0.2) is 18.3 Å². The molecule has 1 rings (SSSR count). The number of rotatable bonds is 0. The largest absolute Gasteiger partial charge is 0.286 e. The molecule has 0 aliphatic carbocycles. The average molecular weight is 178 g/mol. The molecule has 64 valence electrons. The van der Waals surface area contributed by atoms with Crippen LogP contribution in [0.5, 0.6) is 0 Å². The van der Waals surface area contributed by atoms with E-state index in [0.717, 1.165) is 25.2 Å². The summed E-state index contributed by atoms with van der Waals surface area (Å²) in [6.07, 6.45) is 2.03. The first-order chi connectivity index (χ1) is 4.79. The minimum atomic E-state index is -0.0883. The zero-order chi connectivity index (χ0) is 7.40. The summed E-state index contributed by atoms with van der Waals surface area (Å²) >= 11 is 0. The van der Waals surface area contributed by atoms with E-state index in [4.69, 9.17) is 0 Å². The van der Waals surface area contributed by atoms with Crippen molar-refractivity contribution in [2.24, 2.45) is 4.99 Å². The number of nitrogens with one attached hydrogen (secondary N) is 2. The van der Waals surface area contributed by atoms with Crippen LogP contribution in [-0.2, 0) is 4.79 Å². The van der Waals surface area contributed by atoms with Gasteiger partial charge < -0.3 is 0 Å². The Morgan fingerprint density at radius 1 is 1.64 bits per heavy atom. The van der Waals surface area contributed by atoms with Crippen LogP contribution in [0.4, 0.5) is 0 Å². The minimum absolute atomic E-state index is 0. The lowest BCUT2D eigenvalue weighted by Crippen LogP contribution is -2.39. The van der Waals surface area contributed by atoms with E-state index in [2.05, 4.69) is 15.8 Å². The molecule has 4 nitrogen and oxygen atoms in total. The topological polar surface area (TPSA) is 53.5 Å². The number of aliphatic imine (C=N–C) groups is 1. The molecule has 11 heavy (non-hydrogen) atoms. The first-order valence-corrected chi connectivity index (χ1v) is 3.35. The Morgan fingerprint density at radius 3 is 2.82 bits per heavy atom. The van der Waals surface area contributed by atoms with Gasteiger partial charge in [-0.3, -0.25) is 20.6 Å². The highest BCUT2D eigenvalue weighted by molar-refractivity contribution is 5.86. The van der Waals surface area contributed by atoms with Crippen molar-refractivity contribution in [3.63, 3.8) is 0 Å². The molecule has 1 aliphatic heterocycles. The van der Waals surface area contributed by atoms with Gasteiger partial charge in [-0.1, -0.05) is 0 Å². The second-order valence-electron chi connectivity index (χ2n) is 2.24. The molecule has 0 fully saturated rings. The van der Waals surface area contributed by atoms with Crippen molar-refractivity contribution < 1.29 is 4.79 Å². The van der Waals surface area contributed by atoms with Crippen molar-refractivity contribution in [2.45, 2.75) is 19.8 Å². The summed E-state index contributed by atoms with van der Waals surface area (Å²) in [6.45, 7) is 2.34. The maximum atomic E-state index is 10.4. The van der Waals surface area contributed by atoms with Gasteiger partial charge in [-0.25, -0.2) is 0 Å². The summed E-state index contributed by atoms with van der Waals surface area (Å²) in [5.41, 5.74) is 5.20. The number of carbonyl (C=O) groups excluding carboxylic acids is 1. The second kappa shape index (κ2) is 4.96. The van der Waals surface area contributed by atoms with Crippen LogP contribution >= 0.6 is 12.4 Å². The minimum Gasteiger partial charge on any atom is -0.286 e. The van der Waals surface area contributed by atoms with Crippen LogP contribution < -0.4 is 10.9 Å². The van der Waals surface area contributed by atoms with Gasteiger partial charge in [-0.15, -0.1) is 12.4 Å². The maximum absolute atomic E-state index is 10.4. The first-order valence-electron chi connectivity index (χ1n) is 3.35. The number of nitrogens with zero attached hydrogens (tertiary/aromatic N) is 1. The van der Waals surface area contributed by atoms with Crippen LogP contribution in [0.3, 0.4) is 0 Å². The number of carbonyl (C=O) groups is 1. The molecule has 5 heteroatoms. The van der Waals surface area contributed by atoms with Crippen molar-refractivity contribution in [2.75, 3.05) is 6.54 Å². The van der Waals surface area contributed by atoms with Crippen LogP contribution in [0.1, 0.15) is 19.8 Å². The zero-order valence-corrected chi connectivity index (χ0v) is 7.20. The summed E-state index contributed by atoms with van der Waals surface area (Å²) in [7, 11) is 0. The molecule has 0 radical (unpaired) electrons. The van der Waals surface area contributed by atoms with E-state index in [1.54, 1.807) is 0 Å². The van der Waals surface area contributed by atoms with E-state index in [-0.39, 0.29) is 18.3 Å². The van der Waals surface area contributed by atoms with Gasteiger partial charge in [0.15, 0.2) is 0 Å². The Bertz CT molecular complexity index is 169. The maximum Gasteiger partial charge on any atom is 0.235 e. The van der Waals surface area contributed by atoms with Gasteiger partial charge in [0.1, 0.15) is 5.84 Å². The molecule has 1 amide bonds. The lowest BCUT2D eigenvalue weighted by atomic mass is 10.3. The number of amides is 1. The van der Waals surface area contributed by atoms with Crippen LogP contribution in [0, 0.1) is 0 Å². The highest BCUT2D eigenvalue weighted by Gasteiger charge is 2.04. The molecule has 2 N–H and O–H groups in total. The summed E-state index contributed by atoms with van der Waals surface area (Å²) in [5, 5.41) is 0. The number of hydrogen-bond donors (Lipinski definition) is 2. The van der Waals surface area contributed by atoms with E-state index in [9.17, 15) is 4.79 Å². The molecular formula is C6H12ClN3O. The normalized spacial score (nSPS) is 14.8. The average Bonchev–Trinajstić information content (AvgIpc) is 2.34. The Morgan fingerprint density at radius 2 is 2.36 bits per heavy atom. The number of halogens is 1. The molecule has 0 saturated heterocycles. The molecular weight excluding hydrogens is 166 g/mol. The lowest BCUT2D eigenvalue weighted by Gasteiger charge is -2.03.